The molecule has 1 aromatic carbocycles. The van der Waals surface area contributed by atoms with Gasteiger partial charge in [-0.1, -0.05) is 25.0 Å². The molecule has 0 atom stereocenters. The Balaban J connectivity index is 1.05. The summed E-state index contributed by atoms with van der Waals surface area (Å²) in [6.07, 6.45) is 16.7. The van der Waals surface area contributed by atoms with Crippen molar-refractivity contribution in [1.29, 1.82) is 0 Å². The summed E-state index contributed by atoms with van der Waals surface area (Å²) >= 11 is 0. The third-order valence-corrected chi connectivity index (χ3v) is 8.90. The molecule has 1 amide bonds. The van der Waals surface area contributed by atoms with Crippen molar-refractivity contribution in [3.8, 4) is 0 Å². The Morgan fingerprint density at radius 1 is 0.919 bits per heavy atom. The van der Waals surface area contributed by atoms with Gasteiger partial charge >= 0.3 is 0 Å². The van der Waals surface area contributed by atoms with Crippen LogP contribution in [0.15, 0.2) is 49.1 Å². The number of rotatable bonds is 8. The van der Waals surface area contributed by atoms with Crippen LogP contribution in [0.25, 0.3) is 0 Å². The topological polar surface area (TPSA) is 84.2 Å². The van der Waals surface area contributed by atoms with Crippen LogP contribution in [0.4, 0.5) is 0 Å². The molecule has 4 heterocycles. The number of aromatic nitrogens is 4. The van der Waals surface area contributed by atoms with E-state index in [1.54, 1.807) is 29.7 Å². The molecule has 8 heteroatoms. The highest BCUT2D eigenvalue weighted by atomic mass is 16.2. The quantitative estimate of drug-likeness (QED) is 0.483. The van der Waals surface area contributed by atoms with Crippen LogP contribution in [0.2, 0.25) is 0 Å². The summed E-state index contributed by atoms with van der Waals surface area (Å²) in [5.74, 6) is 1.50. The molecule has 37 heavy (non-hydrogen) atoms. The number of piperidine rings is 1. The average molecular weight is 502 g/mol. The predicted molar refractivity (Wildman–Crippen MR) is 143 cm³/mol. The molecule has 0 radical (unpaired) electrons. The van der Waals surface area contributed by atoms with E-state index in [9.17, 15) is 4.79 Å². The number of likely N-dealkylation sites (tertiary alicyclic amines) is 2. The standard InChI is InChI=1S/C29H39N7O/c37-28(36(20-26-30-12-13-31-26)21-27-32-14-15-33-27)24-7-5-23(6-8-24)19-34-16-9-29(22-34)10-17-35(18-11-29)25-3-1-2-4-25/h5-8,12-15,25H,1-4,9-11,16-22H2,(H,30,31)(H,32,33). The van der Waals surface area contributed by atoms with Crippen LogP contribution in [0, 0.1) is 5.41 Å². The first-order valence-electron chi connectivity index (χ1n) is 14.0. The number of aromatic amines is 2. The van der Waals surface area contributed by atoms with Gasteiger partial charge < -0.3 is 19.8 Å². The second-order valence-corrected chi connectivity index (χ2v) is 11.4. The second kappa shape index (κ2) is 10.8. The van der Waals surface area contributed by atoms with Crippen LogP contribution in [-0.2, 0) is 19.6 Å². The molecule has 2 saturated heterocycles. The van der Waals surface area contributed by atoms with Crippen molar-refractivity contribution >= 4 is 5.91 Å². The van der Waals surface area contributed by atoms with Crippen LogP contribution in [-0.4, -0.2) is 72.8 Å². The summed E-state index contributed by atoms with van der Waals surface area (Å²) < 4.78 is 0. The van der Waals surface area contributed by atoms with E-state index in [-0.39, 0.29) is 5.91 Å². The third kappa shape index (κ3) is 5.65. The molecule has 2 N–H and O–H groups in total. The highest BCUT2D eigenvalue weighted by Crippen LogP contribution is 2.42. The fourth-order valence-electron chi connectivity index (χ4n) is 6.73. The Labute approximate surface area is 219 Å². The third-order valence-electron chi connectivity index (χ3n) is 8.90. The van der Waals surface area contributed by atoms with Crippen molar-refractivity contribution in [3.05, 3.63) is 71.8 Å². The van der Waals surface area contributed by atoms with E-state index in [2.05, 4.69) is 41.9 Å². The molecule has 1 aliphatic carbocycles. The number of amides is 1. The van der Waals surface area contributed by atoms with Crippen LogP contribution in [0.3, 0.4) is 0 Å². The maximum absolute atomic E-state index is 13.4. The van der Waals surface area contributed by atoms with E-state index in [1.165, 1.54) is 76.7 Å². The average Bonchev–Trinajstić information content (AvgIpc) is 3.74. The van der Waals surface area contributed by atoms with Gasteiger partial charge in [-0.25, -0.2) is 9.97 Å². The van der Waals surface area contributed by atoms with Crippen molar-refractivity contribution in [2.45, 2.75) is 70.6 Å². The number of benzene rings is 1. The fraction of sp³-hybridized carbons (Fsp3) is 0.552. The van der Waals surface area contributed by atoms with Crippen molar-refractivity contribution < 1.29 is 4.79 Å². The molecule has 2 aliphatic heterocycles. The molecule has 2 aromatic heterocycles. The molecule has 196 valence electrons. The van der Waals surface area contributed by atoms with Crippen LogP contribution in [0.1, 0.15) is 72.5 Å². The molecule has 0 unspecified atom stereocenters. The van der Waals surface area contributed by atoms with E-state index in [0.29, 0.717) is 24.1 Å². The number of H-pyrrole nitrogens is 2. The Hall–Kier alpha value is -2.97. The van der Waals surface area contributed by atoms with Gasteiger partial charge in [-0.2, -0.15) is 0 Å². The van der Waals surface area contributed by atoms with Crippen molar-refractivity contribution in [2.24, 2.45) is 5.41 Å². The van der Waals surface area contributed by atoms with Gasteiger partial charge in [0.1, 0.15) is 11.6 Å². The SMILES string of the molecule is O=C(c1ccc(CN2CCC3(CCN(C4CCCC4)CC3)C2)cc1)N(Cc1ncc[nH]1)Cc1ncc[nH]1. The predicted octanol–water partition coefficient (Wildman–Crippen LogP) is 4.21. The number of carbonyl (C=O) groups is 1. The van der Waals surface area contributed by atoms with Gasteiger partial charge in [-0.3, -0.25) is 9.69 Å². The summed E-state index contributed by atoms with van der Waals surface area (Å²) in [4.78, 5) is 35.4. The van der Waals surface area contributed by atoms with Crippen molar-refractivity contribution in [2.75, 3.05) is 26.2 Å². The van der Waals surface area contributed by atoms with E-state index >= 15 is 0 Å². The van der Waals surface area contributed by atoms with Crippen molar-refractivity contribution in [1.82, 2.24) is 34.6 Å². The zero-order valence-electron chi connectivity index (χ0n) is 21.7. The van der Waals surface area contributed by atoms with Crippen LogP contribution >= 0.6 is 0 Å². The molecule has 6 rings (SSSR count). The number of nitrogens with one attached hydrogen (secondary N) is 2. The Kier molecular flexibility index (Phi) is 7.11. The zero-order chi connectivity index (χ0) is 25.1. The molecule has 1 spiro atoms. The van der Waals surface area contributed by atoms with E-state index in [0.717, 1.165) is 24.2 Å². The van der Waals surface area contributed by atoms with Gasteiger partial charge in [0.15, 0.2) is 0 Å². The number of imidazole rings is 2. The minimum absolute atomic E-state index is 0.0199. The van der Waals surface area contributed by atoms with Gasteiger partial charge in [-0.15, -0.1) is 0 Å². The number of hydrogen-bond acceptors (Lipinski definition) is 5. The highest BCUT2D eigenvalue weighted by Gasteiger charge is 2.41. The van der Waals surface area contributed by atoms with Gasteiger partial charge in [0, 0.05) is 49.5 Å². The van der Waals surface area contributed by atoms with Gasteiger partial charge in [0.05, 0.1) is 13.1 Å². The molecule has 1 saturated carbocycles. The first-order valence-corrected chi connectivity index (χ1v) is 14.0. The normalized spacial score (nSPS) is 20.6. The lowest BCUT2D eigenvalue weighted by Gasteiger charge is -2.42. The second-order valence-electron chi connectivity index (χ2n) is 11.4. The van der Waals surface area contributed by atoms with E-state index < -0.39 is 0 Å². The van der Waals surface area contributed by atoms with Gasteiger partial charge in [0.25, 0.3) is 5.91 Å². The lowest BCUT2D eigenvalue weighted by Crippen LogP contribution is -2.45. The smallest absolute Gasteiger partial charge is 0.254 e. The Bertz CT molecular complexity index is 1090. The van der Waals surface area contributed by atoms with Crippen LogP contribution in [0.5, 0.6) is 0 Å². The van der Waals surface area contributed by atoms with E-state index in [4.69, 9.17) is 0 Å². The summed E-state index contributed by atoms with van der Waals surface area (Å²) in [5.41, 5.74) is 2.49. The lowest BCUT2D eigenvalue weighted by molar-refractivity contribution is 0.0721. The number of nitrogens with zero attached hydrogens (tertiary/aromatic N) is 5. The monoisotopic (exact) mass is 501 g/mol. The molecule has 3 aromatic rings. The molecular formula is C29H39N7O. The van der Waals surface area contributed by atoms with Gasteiger partial charge in [-0.05, 0) is 74.8 Å². The minimum atomic E-state index is -0.0199. The molecule has 3 fully saturated rings. The van der Waals surface area contributed by atoms with Crippen molar-refractivity contribution in [3.63, 3.8) is 0 Å². The summed E-state index contributed by atoms with van der Waals surface area (Å²) in [6.45, 7) is 6.76. The first-order chi connectivity index (χ1) is 18.2. The first kappa shape index (κ1) is 24.4. The number of carbonyl (C=O) groups excluding carboxylic acids is 1. The number of hydrogen-bond donors (Lipinski definition) is 2. The van der Waals surface area contributed by atoms with E-state index in [1.807, 2.05) is 12.1 Å². The molecule has 8 nitrogen and oxygen atoms in total. The molecule has 0 bridgehead atoms. The Morgan fingerprint density at radius 3 is 2.14 bits per heavy atom. The highest BCUT2D eigenvalue weighted by molar-refractivity contribution is 5.94. The maximum atomic E-state index is 13.4. The summed E-state index contributed by atoms with van der Waals surface area (Å²) in [7, 11) is 0. The largest absolute Gasteiger partial charge is 0.347 e. The summed E-state index contributed by atoms with van der Waals surface area (Å²) in [5, 5.41) is 0. The fourth-order valence-corrected chi connectivity index (χ4v) is 6.73. The maximum Gasteiger partial charge on any atom is 0.254 e. The Morgan fingerprint density at radius 2 is 1.54 bits per heavy atom. The zero-order valence-corrected chi connectivity index (χ0v) is 21.7. The molecule has 3 aliphatic rings. The van der Waals surface area contributed by atoms with Crippen LogP contribution < -0.4 is 0 Å². The minimum Gasteiger partial charge on any atom is -0.347 e. The summed E-state index contributed by atoms with van der Waals surface area (Å²) in [6, 6.07) is 9.06. The van der Waals surface area contributed by atoms with Gasteiger partial charge in [0.2, 0.25) is 0 Å². The lowest BCUT2D eigenvalue weighted by atomic mass is 9.77. The molecular weight excluding hydrogens is 462 g/mol.